The Labute approximate surface area is 141 Å². The van der Waals surface area contributed by atoms with Crippen LogP contribution in [0.4, 0.5) is 0 Å². The summed E-state index contributed by atoms with van der Waals surface area (Å²) < 4.78 is 5.82. The lowest BCUT2D eigenvalue weighted by atomic mass is 10.00. The molecule has 1 aliphatic rings. The SMILES string of the molecule is Cc1cc(C)c(CNC(=O)c2ccc3c(c2)CC(C)(C)O3)c(=O)[nH]1. The fourth-order valence-corrected chi connectivity index (χ4v) is 3.12. The third kappa shape index (κ3) is 3.20. The summed E-state index contributed by atoms with van der Waals surface area (Å²) >= 11 is 0. The Morgan fingerprint density at radius 1 is 1.29 bits per heavy atom. The number of pyridine rings is 1. The normalized spacial score (nSPS) is 14.8. The first-order chi connectivity index (χ1) is 11.2. The standard InChI is InChI=1S/C19H22N2O3/c1-11-7-12(2)21-18(23)15(11)10-20-17(22)13-5-6-16-14(8-13)9-19(3,4)24-16/h5-8H,9-10H2,1-4H3,(H,20,22)(H,21,23). The molecule has 126 valence electrons. The van der Waals surface area contributed by atoms with Gasteiger partial charge in [0.2, 0.25) is 0 Å². The zero-order valence-corrected chi connectivity index (χ0v) is 14.4. The smallest absolute Gasteiger partial charge is 0.253 e. The van der Waals surface area contributed by atoms with Crippen LogP contribution in [0.25, 0.3) is 0 Å². The van der Waals surface area contributed by atoms with E-state index >= 15 is 0 Å². The Morgan fingerprint density at radius 2 is 2.04 bits per heavy atom. The molecule has 0 spiro atoms. The van der Waals surface area contributed by atoms with Crippen molar-refractivity contribution in [2.75, 3.05) is 0 Å². The van der Waals surface area contributed by atoms with Gasteiger partial charge in [0, 0.05) is 29.8 Å². The second-order valence-corrected chi connectivity index (χ2v) is 6.99. The van der Waals surface area contributed by atoms with Crippen molar-refractivity contribution in [3.63, 3.8) is 0 Å². The van der Waals surface area contributed by atoms with Gasteiger partial charge in [0.1, 0.15) is 11.4 Å². The number of nitrogens with one attached hydrogen (secondary N) is 2. The Hall–Kier alpha value is -2.56. The summed E-state index contributed by atoms with van der Waals surface area (Å²) in [7, 11) is 0. The topological polar surface area (TPSA) is 71.2 Å². The molecule has 2 heterocycles. The van der Waals surface area contributed by atoms with Gasteiger partial charge in [0.15, 0.2) is 0 Å². The van der Waals surface area contributed by atoms with Gasteiger partial charge in [-0.2, -0.15) is 0 Å². The van der Waals surface area contributed by atoms with Gasteiger partial charge >= 0.3 is 0 Å². The quantitative estimate of drug-likeness (QED) is 0.911. The zero-order valence-electron chi connectivity index (χ0n) is 14.4. The van der Waals surface area contributed by atoms with Crippen LogP contribution in [0.3, 0.4) is 0 Å². The summed E-state index contributed by atoms with van der Waals surface area (Å²) in [6.45, 7) is 7.97. The fraction of sp³-hybridized carbons (Fsp3) is 0.368. The molecule has 24 heavy (non-hydrogen) atoms. The molecule has 0 atom stereocenters. The average molecular weight is 326 g/mol. The second kappa shape index (κ2) is 5.82. The monoisotopic (exact) mass is 326 g/mol. The van der Waals surface area contributed by atoms with Crippen molar-refractivity contribution in [2.45, 2.75) is 46.3 Å². The predicted molar refractivity (Wildman–Crippen MR) is 92.6 cm³/mol. The van der Waals surface area contributed by atoms with E-state index < -0.39 is 0 Å². The van der Waals surface area contributed by atoms with Crippen molar-refractivity contribution in [3.05, 3.63) is 62.6 Å². The largest absolute Gasteiger partial charge is 0.487 e. The molecule has 0 saturated heterocycles. The van der Waals surface area contributed by atoms with Crippen LogP contribution in [-0.2, 0) is 13.0 Å². The highest BCUT2D eigenvalue weighted by molar-refractivity contribution is 5.94. The van der Waals surface area contributed by atoms with Crippen molar-refractivity contribution >= 4 is 5.91 Å². The number of H-pyrrole nitrogens is 1. The number of carbonyl (C=O) groups is 1. The minimum atomic E-state index is -0.232. The molecule has 0 bridgehead atoms. The molecule has 1 aromatic heterocycles. The Balaban J connectivity index is 1.74. The van der Waals surface area contributed by atoms with E-state index in [1.165, 1.54) is 0 Å². The molecule has 5 nitrogen and oxygen atoms in total. The maximum atomic E-state index is 12.4. The van der Waals surface area contributed by atoms with Crippen molar-refractivity contribution in [1.82, 2.24) is 10.3 Å². The summed E-state index contributed by atoms with van der Waals surface area (Å²) in [5.41, 5.74) is 3.50. The second-order valence-electron chi connectivity index (χ2n) is 6.99. The number of aromatic amines is 1. The lowest BCUT2D eigenvalue weighted by Crippen LogP contribution is -2.28. The fourth-order valence-electron chi connectivity index (χ4n) is 3.12. The molecule has 1 aromatic carbocycles. The lowest BCUT2D eigenvalue weighted by Gasteiger charge is -2.16. The van der Waals surface area contributed by atoms with E-state index in [2.05, 4.69) is 10.3 Å². The van der Waals surface area contributed by atoms with E-state index in [9.17, 15) is 9.59 Å². The number of aromatic nitrogens is 1. The number of benzene rings is 1. The molecule has 3 rings (SSSR count). The van der Waals surface area contributed by atoms with E-state index in [1.807, 2.05) is 45.9 Å². The summed E-state index contributed by atoms with van der Waals surface area (Å²) in [6.07, 6.45) is 0.778. The maximum absolute atomic E-state index is 12.4. The van der Waals surface area contributed by atoms with Gasteiger partial charge in [0.25, 0.3) is 11.5 Å². The van der Waals surface area contributed by atoms with E-state index in [4.69, 9.17) is 4.74 Å². The summed E-state index contributed by atoms with van der Waals surface area (Å²) in [5, 5.41) is 2.83. The lowest BCUT2D eigenvalue weighted by molar-refractivity contribution is 0.0950. The Bertz CT molecular complexity index is 865. The highest BCUT2D eigenvalue weighted by Gasteiger charge is 2.30. The van der Waals surface area contributed by atoms with Crippen LogP contribution in [0.5, 0.6) is 5.75 Å². The number of rotatable bonds is 3. The molecule has 2 N–H and O–H groups in total. The highest BCUT2D eigenvalue weighted by atomic mass is 16.5. The van der Waals surface area contributed by atoms with E-state index in [0.717, 1.165) is 29.0 Å². The molecule has 1 aliphatic heterocycles. The minimum Gasteiger partial charge on any atom is -0.487 e. The Kier molecular flexibility index (Phi) is 3.95. The zero-order chi connectivity index (χ0) is 17.5. The third-order valence-corrected chi connectivity index (χ3v) is 4.24. The number of aryl methyl sites for hydroxylation is 2. The van der Waals surface area contributed by atoms with Gasteiger partial charge in [-0.25, -0.2) is 0 Å². The van der Waals surface area contributed by atoms with Crippen LogP contribution in [0.2, 0.25) is 0 Å². The highest BCUT2D eigenvalue weighted by Crippen LogP contribution is 2.35. The molecule has 2 aromatic rings. The van der Waals surface area contributed by atoms with Gasteiger partial charge < -0.3 is 15.0 Å². The summed E-state index contributed by atoms with van der Waals surface area (Å²) in [6, 6.07) is 7.36. The first-order valence-corrected chi connectivity index (χ1v) is 8.05. The number of ether oxygens (including phenoxy) is 1. The molecular formula is C19H22N2O3. The van der Waals surface area contributed by atoms with Gasteiger partial charge in [-0.1, -0.05) is 0 Å². The molecule has 5 heteroatoms. The predicted octanol–water partition coefficient (Wildman–Crippen LogP) is 2.64. The molecule has 0 fully saturated rings. The molecule has 0 radical (unpaired) electrons. The average Bonchev–Trinajstić information content (AvgIpc) is 2.78. The van der Waals surface area contributed by atoms with Gasteiger partial charge in [-0.05, 0) is 63.1 Å². The van der Waals surface area contributed by atoms with E-state index in [0.29, 0.717) is 11.1 Å². The number of fused-ring (bicyclic) bond motifs is 1. The summed E-state index contributed by atoms with van der Waals surface area (Å²) in [4.78, 5) is 27.2. The van der Waals surface area contributed by atoms with Gasteiger partial charge in [0.05, 0.1) is 0 Å². The van der Waals surface area contributed by atoms with Crippen LogP contribution < -0.4 is 15.6 Å². The van der Waals surface area contributed by atoms with Crippen molar-refractivity contribution in [3.8, 4) is 5.75 Å². The van der Waals surface area contributed by atoms with Crippen LogP contribution in [0.1, 0.15) is 46.6 Å². The van der Waals surface area contributed by atoms with Gasteiger partial charge in [-0.15, -0.1) is 0 Å². The van der Waals surface area contributed by atoms with Crippen molar-refractivity contribution < 1.29 is 9.53 Å². The number of carbonyl (C=O) groups excluding carboxylic acids is 1. The summed E-state index contributed by atoms with van der Waals surface area (Å²) in [5.74, 6) is 0.643. The molecule has 0 saturated carbocycles. The molecule has 0 unspecified atom stereocenters. The first-order valence-electron chi connectivity index (χ1n) is 8.05. The van der Waals surface area contributed by atoms with E-state index in [-0.39, 0.29) is 23.6 Å². The van der Waals surface area contributed by atoms with Crippen LogP contribution in [0, 0.1) is 13.8 Å². The number of amides is 1. The molecular weight excluding hydrogens is 304 g/mol. The van der Waals surface area contributed by atoms with Crippen LogP contribution in [0.15, 0.2) is 29.1 Å². The first kappa shape index (κ1) is 16.3. The van der Waals surface area contributed by atoms with Gasteiger partial charge in [-0.3, -0.25) is 9.59 Å². The minimum absolute atomic E-state index is 0.156. The van der Waals surface area contributed by atoms with Crippen molar-refractivity contribution in [1.29, 1.82) is 0 Å². The van der Waals surface area contributed by atoms with Crippen LogP contribution in [-0.4, -0.2) is 16.5 Å². The maximum Gasteiger partial charge on any atom is 0.253 e. The Morgan fingerprint density at radius 3 is 2.75 bits per heavy atom. The van der Waals surface area contributed by atoms with E-state index in [1.54, 1.807) is 6.07 Å². The number of hydrogen-bond acceptors (Lipinski definition) is 3. The van der Waals surface area contributed by atoms with Crippen LogP contribution >= 0.6 is 0 Å². The molecule has 1 amide bonds. The third-order valence-electron chi connectivity index (χ3n) is 4.24. The van der Waals surface area contributed by atoms with Crippen molar-refractivity contribution in [2.24, 2.45) is 0 Å². The number of hydrogen-bond donors (Lipinski definition) is 2. The molecule has 0 aliphatic carbocycles.